The van der Waals surface area contributed by atoms with Gasteiger partial charge in [0.05, 0.1) is 30.8 Å². The number of methoxy groups -OCH3 is 1. The van der Waals surface area contributed by atoms with Gasteiger partial charge in [0, 0.05) is 18.5 Å². The van der Waals surface area contributed by atoms with E-state index < -0.39 is 0 Å². The third kappa shape index (κ3) is 4.73. The summed E-state index contributed by atoms with van der Waals surface area (Å²) in [6.45, 7) is 4.13. The number of nitrogens with two attached hydrogens (primary N) is 1. The molecule has 2 N–H and O–H groups in total. The molecule has 0 radical (unpaired) electrons. The molecule has 0 unspecified atom stereocenters. The van der Waals surface area contributed by atoms with Crippen LogP contribution >= 0.6 is 0 Å². The van der Waals surface area contributed by atoms with Gasteiger partial charge in [-0.15, -0.1) is 5.10 Å². The van der Waals surface area contributed by atoms with Gasteiger partial charge in [0.15, 0.2) is 11.5 Å². The standard InChI is InChI=1S/C23H32N6O2/c1-4-8-15(2)31-23-27-21(24)22-26-14-18(29(22)28-23)11-16-12-19(30-3)20(25-13-16)17-9-6-5-7-10-17/h12-15,17H,4-11H2,1-3H3,(H2,24,27,28)/t15-/m0/s1. The van der Waals surface area contributed by atoms with Crippen LogP contribution in [0.5, 0.6) is 11.8 Å². The summed E-state index contributed by atoms with van der Waals surface area (Å²) in [7, 11) is 1.72. The molecule has 0 aliphatic heterocycles. The Morgan fingerprint density at radius 2 is 2.00 bits per heavy atom. The molecule has 31 heavy (non-hydrogen) atoms. The first-order chi connectivity index (χ1) is 15.1. The number of fused-ring (bicyclic) bond motifs is 1. The van der Waals surface area contributed by atoms with Crippen molar-refractivity contribution in [3.8, 4) is 11.8 Å². The largest absolute Gasteiger partial charge is 0.495 e. The Kier molecular flexibility index (Phi) is 6.53. The Morgan fingerprint density at radius 1 is 1.19 bits per heavy atom. The predicted molar refractivity (Wildman–Crippen MR) is 120 cm³/mol. The molecule has 166 valence electrons. The van der Waals surface area contributed by atoms with Crippen LogP contribution in [0.25, 0.3) is 5.65 Å². The third-order valence-corrected chi connectivity index (χ3v) is 5.98. The number of aromatic nitrogens is 5. The zero-order valence-corrected chi connectivity index (χ0v) is 18.7. The molecule has 8 heteroatoms. The van der Waals surface area contributed by atoms with Gasteiger partial charge in [0.25, 0.3) is 0 Å². The first kappa shape index (κ1) is 21.3. The molecule has 0 bridgehead atoms. The van der Waals surface area contributed by atoms with E-state index in [4.69, 9.17) is 20.2 Å². The number of hydrogen-bond acceptors (Lipinski definition) is 7. The predicted octanol–water partition coefficient (Wildman–Crippen LogP) is 4.32. The van der Waals surface area contributed by atoms with Gasteiger partial charge in [-0.3, -0.25) is 4.98 Å². The van der Waals surface area contributed by atoms with E-state index in [0.29, 0.717) is 23.8 Å². The lowest BCUT2D eigenvalue weighted by molar-refractivity contribution is 0.189. The molecule has 1 fully saturated rings. The van der Waals surface area contributed by atoms with Gasteiger partial charge >= 0.3 is 6.01 Å². The second-order valence-corrected chi connectivity index (χ2v) is 8.42. The van der Waals surface area contributed by atoms with Crippen LogP contribution in [-0.2, 0) is 6.42 Å². The molecule has 0 amide bonds. The highest BCUT2D eigenvalue weighted by Crippen LogP contribution is 2.36. The van der Waals surface area contributed by atoms with Gasteiger partial charge in [-0.2, -0.15) is 4.98 Å². The first-order valence-electron chi connectivity index (χ1n) is 11.3. The van der Waals surface area contributed by atoms with Crippen molar-refractivity contribution in [2.24, 2.45) is 0 Å². The number of anilines is 1. The smallest absolute Gasteiger partial charge is 0.336 e. The van der Waals surface area contributed by atoms with Gasteiger partial charge in [-0.05, 0) is 37.8 Å². The van der Waals surface area contributed by atoms with E-state index in [1.807, 2.05) is 13.1 Å². The molecule has 1 atom stereocenters. The average Bonchev–Trinajstić information content (AvgIpc) is 3.17. The van der Waals surface area contributed by atoms with Gasteiger partial charge in [-0.25, -0.2) is 9.50 Å². The zero-order chi connectivity index (χ0) is 21.8. The van der Waals surface area contributed by atoms with Gasteiger partial charge in [-0.1, -0.05) is 32.6 Å². The van der Waals surface area contributed by atoms with Crippen molar-refractivity contribution >= 4 is 11.5 Å². The molecule has 1 aliphatic carbocycles. The van der Waals surface area contributed by atoms with Crippen LogP contribution in [-0.4, -0.2) is 37.8 Å². The lowest BCUT2D eigenvalue weighted by Gasteiger charge is -2.23. The van der Waals surface area contributed by atoms with Crippen molar-refractivity contribution < 1.29 is 9.47 Å². The monoisotopic (exact) mass is 424 g/mol. The van der Waals surface area contributed by atoms with Crippen LogP contribution in [0.3, 0.4) is 0 Å². The van der Waals surface area contributed by atoms with Crippen molar-refractivity contribution in [2.75, 3.05) is 12.8 Å². The summed E-state index contributed by atoms with van der Waals surface area (Å²) in [6, 6.07) is 2.36. The zero-order valence-electron chi connectivity index (χ0n) is 18.7. The van der Waals surface area contributed by atoms with E-state index in [1.165, 1.54) is 32.1 Å². The molecule has 0 spiro atoms. The van der Waals surface area contributed by atoms with Crippen LogP contribution in [0.4, 0.5) is 5.82 Å². The minimum absolute atomic E-state index is 0.0228. The number of hydrogen-bond donors (Lipinski definition) is 1. The Morgan fingerprint density at radius 3 is 2.74 bits per heavy atom. The van der Waals surface area contributed by atoms with E-state index in [2.05, 4.69) is 28.1 Å². The molecule has 0 saturated heterocycles. The van der Waals surface area contributed by atoms with Crippen LogP contribution in [0.1, 0.15) is 81.7 Å². The molecular formula is C23H32N6O2. The second-order valence-electron chi connectivity index (χ2n) is 8.42. The van der Waals surface area contributed by atoms with E-state index in [1.54, 1.807) is 17.8 Å². The lowest BCUT2D eigenvalue weighted by atomic mass is 9.86. The van der Waals surface area contributed by atoms with E-state index in [9.17, 15) is 0 Å². The Bertz CT molecular complexity index is 1030. The third-order valence-electron chi connectivity index (χ3n) is 5.98. The van der Waals surface area contributed by atoms with Crippen molar-refractivity contribution in [3.63, 3.8) is 0 Å². The van der Waals surface area contributed by atoms with E-state index in [0.717, 1.165) is 35.5 Å². The molecule has 4 rings (SSSR count). The van der Waals surface area contributed by atoms with Crippen LogP contribution in [0.2, 0.25) is 0 Å². The van der Waals surface area contributed by atoms with E-state index in [-0.39, 0.29) is 12.1 Å². The van der Waals surface area contributed by atoms with Gasteiger partial charge in [0.2, 0.25) is 0 Å². The number of nitrogens with zero attached hydrogens (tertiary/aromatic N) is 5. The highest BCUT2D eigenvalue weighted by molar-refractivity contribution is 5.59. The lowest BCUT2D eigenvalue weighted by Crippen LogP contribution is -2.15. The molecule has 1 aliphatic rings. The summed E-state index contributed by atoms with van der Waals surface area (Å²) in [6.07, 6.45) is 12.5. The summed E-state index contributed by atoms with van der Waals surface area (Å²) in [5, 5.41) is 4.54. The SMILES string of the molecule is CCC[C@H](C)Oc1nc(N)c2ncc(Cc3cnc(C4CCCCC4)c(OC)c3)n2n1. The fraction of sp³-hybridized carbons (Fsp3) is 0.565. The van der Waals surface area contributed by atoms with E-state index >= 15 is 0 Å². The second kappa shape index (κ2) is 9.49. The maximum atomic E-state index is 6.11. The maximum absolute atomic E-state index is 6.11. The highest BCUT2D eigenvalue weighted by Gasteiger charge is 2.21. The average molecular weight is 425 g/mol. The Hall–Kier alpha value is -2.90. The van der Waals surface area contributed by atoms with Crippen LogP contribution < -0.4 is 15.2 Å². The summed E-state index contributed by atoms with van der Waals surface area (Å²) < 4.78 is 13.3. The topological polar surface area (TPSA) is 100 Å². The first-order valence-corrected chi connectivity index (χ1v) is 11.3. The molecule has 0 aromatic carbocycles. The van der Waals surface area contributed by atoms with Crippen molar-refractivity contribution in [3.05, 3.63) is 35.4 Å². The maximum Gasteiger partial charge on any atom is 0.336 e. The van der Waals surface area contributed by atoms with Crippen molar-refractivity contribution in [2.45, 2.75) is 77.2 Å². The number of imidazole rings is 1. The molecule has 3 aromatic heterocycles. The fourth-order valence-electron chi connectivity index (χ4n) is 4.39. The van der Waals surface area contributed by atoms with Crippen LogP contribution in [0.15, 0.2) is 18.5 Å². The van der Waals surface area contributed by atoms with Crippen molar-refractivity contribution in [1.82, 2.24) is 24.6 Å². The summed E-state index contributed by atoms with van der Waals surface area (Å²) in [4.78, 5) is 13.5. The minimum atomic E-state index is 0.0228. The molecule has 3 aromatic rings. The Labute approximate surface area is 183 Å². The highest BCUT2D eigenvalue weighted by atomic mass is 16.5. The molecule has 8 nitrogen and oxygen atoms in total. The summed E-state index contributed by atoms with van der Waals surface area (Å²) >= 11 is 0. The molecule has 3 heterocycles. The normalized spacial score (nSPS) is 15.8. The fourth-order valence-corrected chi connectivity index (χ4v) is 4.39. The van der Waals surface area contributed by atoms with Crippen LogP contribution in [0, 0.1) is 0 Å². The molecular weight excluding hydrogens is 392 g/mol. The quantitative estimate of drug-likeness (QED) is 0.575. The number of nitrogen functional groups attached to an aromatic ring is 1. The number of rotatable bonds is 8. The minimum Gasteiger partial charge on any atom is -0.495 e. The Balaban J connectivity index is 1.59. The number of pyridine rings is 1. The van der Waals surface area contributed by atoms with Crippen molar-refractivity contribution in [1.29, 1.82) is 0 Å². The summed E-state index contributed by atoms with van der Waals surface area (Å²) in [5.74, 6) is 1.67. The van der Waals surface area contributed by atoms with Gasteiger partial charge in [0.1, 0.15) is 5.75 Å². The van der Waals surface area contributed by atoms with Gasteiger partial charge < -0.3 is 15.2 Å². The number of ether oxygens (including phenoxy) is 2. The summed E-state index contributed by atoms with van der Waals surface area (Å²) in [5.41, 5.74) is 9.66. The molecule has 1 saturated carbocycles.